The Morgan fingerprint density at radius 2 is 2.30 bits per heavy atom. The largest absolute Gasteiger partial charge is 0.298 e. The van der Waals surface area contributed by atoms with E-state index in [2.05, 4.69) is 20.6 Å². The molecule has 3 rings (SSSR count). The van der Waals surface area contributed by atoms with Crippen LogP contribution in [0.15, 0.2) is 23.6 Å². The molecule has 3 aromatic rings. The Kier molecular flexibility index (Phi) is 3.19. The second kappa shape index (κ2) is 5.01. The number of carbonyl (C=O) groups is 1. The summed E-state index contributed by atoms with van der Waals surface area (Å²) < 4.78 is 1.79. The van der Waals surface area contributed by atoms with E-state index >= 15 is 0 Å². The van der Waals surface area contributed by atoms with Gasteiger partial charge in [-0.15, -0.1) is 16.4 Å². The molecule has 0 unspecified atom stereocenters. The molecule has 2 aromatic heterocycles. The maximum atomic E-state index is 12.1. The van der Waals surface area contributed by atoms with Crippen LogP contribution in [0.25, 0.3) is 11.0 Å². The first kappa shape index (κ1) is 12.7. The quantitative estimate of drug-likeness (QED) is 0.803. The van der Waals surface area contributed by atoms with E-state index in [1.807, 2.05) is 25.3 Å². The second-order valence-corrected chi connectivity index (χ2v) is 5.21. The fourth-order valence-corrected chi connectivity index (χ4v) is 2.61. The standard InChI is InChI=1S/C13H13N5OS/c1-3-18-11-5-4-9(6-10(11)16-17-18)12(19)15-13-14-8(2)7-20-13/h4-7H,3H2,1-2H3,(H,14,15,19). The van der Waals surface area contributed by atoms with E-state index in [-0.39, 0.29) is 5.91 Å². The molecule has 0 bridgehead atoms. The van der Waals surface area contributed by atoms with Crippen molar-refractivity contribution < 1.29 is 4.79 Å². The van der Waals surface area contributed by atoms with Crippen molar-refractivity contribution in [2.45, 2.75) is 20.4 Å². The van der Waals surface area contributed by atoms with Crippen LogP contribution in [0, 0.1) is 6.92 Å². The highest BCUT2D eigenvalue weighted by Gasteiger charge is 2.11. The summed E-state index contributed by atoms with van der Waals surface area (Å²) in [5.41, 5.74) is 3.09. The van der Waals surface area contributed by atoms with E-state index in [4.69, 9.17) is 0 Å². The van der Waals surface area contributed by atoms with Gasteiger partial charge in [0.25, 0.3) is 5.91 Å². The number of carbonyl (C=O) groups excluding carboxylic acids is 1. The fraction of sp³-hybridized carbons (Fsp3) is 0.231. The highest BCUT2D eigenvalue weighted by Crippen LogP contribution is 2.17. The summed E-state index contributed by atoms with van der Waals surface area (Å²) in [5, 5.41) is 13.4. The molecule has 0 atom stereocenters. The number of aryl methyl sites for hydroxylation is 2. The number of hydrogen-bond donors (Lipinski definition) is 1. The van der Waals surface area contributed by atoms with Crippen LogP contribution in [0.1, 0.15) is 23.0 Å². The average Bonchev–Trinajstić information content (AvgIpc) is 3.03. The Morgan fingerprint density at radius 1 is 1.45 bits per heavy atom. The SMILES string of the molecule is CCn1nnc2cc(C(=O)Nc3nc(C)cs3)ccc21. The van der Waals surface area contributed by atoms with Gasteiger partial charge in [0.15, 0.2) is 5.13 Å². The van der Waals surface area contributed by atoms with Gasteiger partial charge in [-0.2, -0.15) is 0 Å². The van der Waals surface area contributed by atoms with Gasteiger partial charge < -0.3 is 0 Å². The molecule has 0 aliphatic rings. The average molecular weight is 287 g/mol. The van der Waals surface area contributed by atoms with E-state index in [1.54, 1.807) is 16.8 Å². The number of anilines is 1. The minimum Gasteiger partial charge on any atom is -0.298 e. The minimum atomic E-state index is -0.188. The highest BCUT2D eigenvalue weighted by molar-refractivity contribution is 7.13. The third kappa shape index (κ3) is 2.27. The Labute approximate surface area is 119 Å². The molecule has 0 fully saturated rings. The Morgan fingerprint density at radius 3 is 3.00 bits per heavy atom. The molecule has 0 aliphatic heterocycles. The van der Waals surface area contributed by atoms with Crippen molar-refractivity contribution in [3.63, 3.8) is 0 Å². The number of hydrogen-bond acceptors (Lipinski definition) is 5. The predicted octanol–water partition coefficient (Wildman–Crippen LogP) is 2.47. The van der Waals surface area contributed by atoms with Crippen LogP contribution in [-0.2, 0) is 6.54 Å². The van der Waals surface area contributed by atoms with Gasteiger partial charge >= 0.3 is 0 Å². The first-order chi connectivity index (χ1) is 9.67. The molecule has 102 valence electrons. The summed E-state index contributed by atoms with van der Waals surface area (Å²) in [6, 6.07) is 5.37. The molecule has 20 heavy (non-hydrogen) atoms. The van der Waals surface area contributed by atoms with Gasteiger partial charge in [-0.05, 0) is 32.0 Å². The molecule has 1 amide bonds. The van der Waals surface area contributed by atoms with Crippen molar-refractivity contribution in [2.75, 3.05) is 5.32 Å². The smallest absolute Gasteiger partial charge is 0.257 e. The molecule has 0 aliphatic carbocycles. The van der Waals surface area contributed by atoms with Gasteiger partial charge in [0.1, 0.15) is 5.52 Å². The van der Waals surface area contributed by atoms with Gasteiger partial charge in [-0.1, -0.05) is 5.21 Å². The maximum absolute atomic E-state index is 12.1. The molecule has 0 spiro atoms. The third-order valence-corrected chi connectivity index (χ3v) is 3.79. The van der Waals surface area contributed by atoms with Crippen molar-refractivity contribution in [3.8, 4) is 0 Å². The number of benzene rings is 1. The lowest BCUT2D eigenvalue weighted by Crippen LogP contribution is -2.11. The molecule has 2 heterocycles. The van der Waals surface area contributed by atoms with Gasteiger partial charge in [0, 0.05) is 17.5 Å². The van der Waals surface area contributed by atoms with Crippen LogP contribution >= 0.6 is 11.3 Å². The minimum absolute atomic E-state index is 0.188. The van der Waals surface area contributed by atoms with Crippen LogP contribution in [0.3, 0.4) is 0 Å². The number of thiazole rings is 1. The van der Waals surface area contributed by atoms with E-state index in [1.165, 1.54) is 11.3 Å². The maximum Gasteiger partial charge on any atom is 0.257 e. The zero-order chi connectivity index (χ0) is 14.1. The number of aromatic nitrogens is 4. The summed E-state index contributed by atoms with van der Waals surface area (Å²) >= 11 is 1.41. The number of rotatable bonds is 3. The first-order valence-electron chi connectivity index (χ1n) is 6.24. The monoisotopic (exact) mass is 287 g/mol. The van der Waals surface area contributed by atoms with Crippen LogP contribution in [0.4, 0.5) is 5.13 Å². The van der Waals surface area contributed by atoms with E-state index in [0.29, 0.717) is 10.7 Å². The van der Waals surface area contributed by atoms with Gasteiger partial charge in [-0.25, -0.2) is 9.67 Å². The van der Waals surface area contributed by atoms with Crippen molar-refractivity contribution in [2.24, 2.45) is 0 Å². The third-order valence-electron chi connectivity index (χ3n) is 2.92. The normalized spacial score (nSPS) is 10.9. The van der Waals surface area contributed by atoms with Gasteiger partial charge in [0.05, 0.1) is 11.2 Å². The lowest BCUT2D eigenvalue weighted by molar-refractivity contribution is 0.102. The number of amides is 1. The molecule has 1 aromatic carbocycles. The van der Waals surface area contributed by atoms with Crippen LogP contribution < -0.4 is 5.32 Å². The fourth-order valence-electron chi connectivity index (χ4n) is 1.93. The Hall–Kier alpha value is -2.28. The molecular weight excluding hydrogens is 274 g/mol. The summed E-state index contributed by atoms with van der Waals surface area (Å²) in [6.45, 7) is 4.64. The topological polar surface area (TPSA) is 72.7 Å². The number of nitrogens with one attached hydrogen (secondary N) is 1. The Bertz CT molecular complexity index is 776. The predicted molar refractivity (Wildman–Crippen MR) is 78.0 cm³/mol. The first-order valence-corrected chi connectivity index (χ1v) is 7.12. The second-order valence-electron chi connectivity index (χ2n) is 4.36. The van der Waals surface area contributed by atoms with E-state index < -0.39 is 0 Å². The van der Waals surface area contributed by atoms with E-state index in [9.17, 15) is 4.79 Å². The molecule has 6 nitrogen and oxygen atoms in total. The van der Waals surface area contributed by atoms with Crippen molar-refractivity contribution in [3.05, 3.63) is 34.8 Å². The number of nitrogens with zero attached hydrogens (tertiary/aromatic N) is 4. The van der Waals surface area contributed by atoms with Crippen molar-refractivity contribution >= 4 is 33.4 Å². The highest BCUT2D eigenvalue weighted by atomic mass is 32.1. The molecule has 0 saturated carbocycles. The molecule has 7 heteroatoms. The van der Waals surface area contributed by atoms with Crippen LogP contribution in [-0.4, -0.2) is 25.9 Å². The van der Waals surface area contributed by atoms with Crippen LogP contribution in [0.2, 0.25) is 0 Å². The van der Waals surface area contributed by atoms with Gasteiger partial charge in [-0.3, -0.25) is 10.1 Å². The summed E-state index contributed by atoms with van der Waals surface area (Å²) in [4.78, 5) is 16.4. The number of fused-ring (bicyclic) bond motifs is 1. The summed E-state index contributed by atoms with van der Waals surface area (Å²) in [5.74, 6) is -0.188. The van der Waals surface area contributed by atoms with Crippen LogP contribution in [0.5, 0.6) is 0 Å². The molecular formula is C13H13N5OS. The summed E-state index contributed by atoms with van der Waals surface area (Å²) in [7, 11) is 0. The zero-order valence-electron chi connectivity index (χ0n) is 11.1. The lowest BCUT2D eigenvalue weighted by atomic mass is 10.2. The molecule has 0 radical (unpaired) electrons. The Balaban J connectivity index is 1.88. The van der Waals surface area contributed by atoms with Gasteiger partial charge in [0.2, 0.25) is 0 Å². The van der Waals surface area contributed by atoms with Crippen molar-refractivity contribution in [1.29, 1.82) is 0 Å². The summed E-state index contributed by atoms with van der Waals surface area (Å²) in [6.07, 6.45) is 0. The molecule has 1 N–H and O–H groups in total. The molecule has 0 saturated heterocycles. The zero-order valence-corrected chi connectivity index (χ0v) is 11.9. The lowest BCUT2D eigenvalue weighted by Gasteiger charge is -2.02. The van der Waals surface area contributed by atoms with Crippen molar-refractivity contribution in [1.82, 2.24) is 20.0 Å². The van der Waals surface area contributed by atoms with E-state index in [0.717, 1.165) is 23.3 Å².